The number of hydrogen-bond acceptors (Lipinski definition) is 7. The van der Waals surface area contributed by atoms with Gasteiger partial charge >= 0.3 is 12.1 Å². The van der Waals surface area contributed by atoms with Gasteiger partial charge in [0.05, 0.1) is 30.1 Å². The summed E-state index contributed by atoms with van der Waals surface area (Å²) in [6.45, 7) is 3.87. The molecule has 0 radical (unpaired) electrons. The molecule has 0 spiro atoms. The van der Waals surface area contributed by atoms with Gasteiger partial charge in [0.1, 0.15) is 16.7 Å². The monoisotopic (exact) mass is 566 g/mol. The van der Waals surface area contributed by atoms with E-state index < -0.39 is 23.6 Å². The number of halogens is 3. The summed E-state index contributed by atoms with van der Waals surface area (Å²) in [6.07, 6.45) is -3.15. The molecule has 2 fully saturated rings. The van der Waals surface area contributed by atoms with E-state index in [0.29, 0.717) is 48.8 Å². The Kier molecular flexibility index (Phi) is 9.08. The van der Waals surface area contributed by atoms with Crippen LogP contribution in [0.2, 0.25) is 0 Å². The molecule has 0 unspecified atom stereocenters. The number of hydrogen-bond donors (Lipinski definition) is 1. The number of amides is 1. The number of carboxylic acids is 1. The second-order valence-electron chi connectivity index (χ2n) is 8.61. The van der Waals surface area contributed by atoms with Gasteiger partial charge in [-0.05, 0) is 41.5 Å². The van der Waals surface area contributed by atoms with Crippen molar-refractivity contribution in [3.05, 3.63) is 58.5 Å². The largest absolute Gasteiger partial charge is 0.492 e. The highest BCUT2D eigenvalue weighted by Gasteiger charge is 2.33. The van der Waals surface area contributed by atoms with Gasteiger partial charge in [-0.2, -0.15) is 13.2 Å². The summed E-state index contributed by atoms with van der Waals surface area (Å²) in [5.74, 6) is -1.01. The van der Waals surface area contributed by atoms with Gasteiger partial charge in [0.25, 0.3) is 5.91 Å². The van der Waals surface area contributed by atoms with E-state index in [-0.39, 0.29) is 22.2 Å². The van der Waals surface area contributed by atoms with Gasteiger partial charge in [-0.25, -0.2) is 0 Å². The van der Waals surface area contributed by atoms with Gasteiger partial charge in [-0.3, -0.25) is 19.4 Å². The molecule has 1 amide bonds. The van der Waals surface area contributed by atoms with E-state index in [1.165, 1.54) is 11.0 Å². The van der Waals surface area contributed by atoms with Crippen LogP contribution in [0.3, 0.4) is 0 Å². The molecule has 12 heteroatoms. The number of nitrogens with zero attached hydrogens (tertiary/aromatic N) is 2. The minimum Gasteiger partial charge on any atom is -0.492 e. The van der Waals surface area contributed by atoms with Gasteiger partial charge in [-0.1, -0.05) is 42.2 Å². The number of carbonyl (C=O) groups excluding carboxylic acids is 1. The zero-order chi connectivity index (χ0) is 27.3. The van der Waals surface area contributed by atoms with Crippen molar-refractivity contribution in [1.29, 1.82) is 0 Å². The summed E-state index contributed by atoms with van der Waals surface area (Å²) in [4.78, 5) is 27.6. The predicted molar refractivity (Wildman–Crippen MR) is 142 cm³/mol. The lowest BCUT2D eigenvalue weighted by Crippen LogP contribution is -2.38. The van der Waals surface area contributed by atoms with Crippen LogP contribution in [0.15, 0.2) is 47.4 Å². The molecule has 0 bridgehead atoms. The van der Waals surface area contributed by atoms with Crippen molar-refractivity contribution in [3.8, 4) is 16.9 Å². The molecule has 1 N–H and O–H groups in total. The summed E-state index contributed by atoms with van der Waals surface area (Å²) >= 11 is 6.31. The molecule has 0 aromatic heterocycles. The predicted octanol–water partition coefficient (Wildman–Crippen LogP) is 4.76. The van der Waals surface area contributed by atoms with E-state index in [1.807, 2.05) is 0 Å². The molecule has 2 aromatic carbocycles. The fraction of sp³-hybridized carbons (Fsp3) is 0.346. The van der Waals surface area contributed by atoms with E-state index in [1.54, 1.807) is 30.3 Å². The maximum absolute atomic E-state index is 13.3. The Morgan fingerprint density at radius 1 is 1.13 bits per heavy atom. The first-order chi connectivity index (χ1) is 18.1. The molecule has 0 saturated carbocycles. The average Bonchev–Trinajstić information content (AvgIpc) is 3.15. The highest BCUT2D eigenvalue weighted by Crippen LogP contribution is 2.37. The Hall–Kier alpha value is -2.93. The van der Waals surface area contributed by atoms with Gasteiger partial charge in [0.2, 0.25) is 0 Å². The zero-order valence-corrected chi connectivity index (χ0v) is 21.8. The van der Waals surface area contributed by atoms with Crippen molar-refractivity contribution in [1.82, 2.24) is 9.80 Å². The van der Waals surface area contributed by atoms with E-state index in [9.17, 15) is 22.8 Å². The van der Waals surface area contributed by atoms with E-state index in [4.69, 9.17) is 26.8 Å². The Balaban J connectivity index is 1.62. The van der Waals surface area contributed by atoms with Crippen LogP contribution in [-0.2, 0) is 20.5 Å². The number of benzene rings is 2. The number of ether oxygens (including phenoxy) is 2. The summed E-state index contributed by atoms with van der Waals surface area (Å²) < 4.78 is 51.5. The number of morpholine rings is 1. The van der Waals surface area contributed by atoms with Gasteiger partial charge in [0, 0.05) is 31.7 Å². The third-order valence-corrected chi connectivity index (χ3v) is 7.39. The second kappa shape index (κ2) is 12.3. The lowest BCUT2D eigenvalue weighted by molar-refractivity contribution is -0.138. The Bertz CT molecular complexity index is 1250. The molecule has 2 aromatic rings. The third-order valence-electron chi connectivity index (χ3n) is 6.01. The molecule has 2 saturated heterocycles. The first kappa shape index (κ1) is 28.1. The molecule has 7 nitrogen and oxygen atoms in total. The molecular formula is C26H25F3N2O5S2. The molecule has 202 valence electrons. The number of alkyl halides is 3. The number of carboxylic acid groups (broad SMARTS) is 1. The standard InChI is InChI=1S/C26H25F3N2O5S2/c27-26(28,29)20-3-1-2-17(15-20)18-4-5-21(36-13-10-30-8-11-35-12-9-30)19(14-18)16-22-24(34)31(25(37)38-22)7-6-23(32)33/h1-5,14-16H,6-13H2,(H,32,33)/b22-16-. The van der Waals surface area contributed by atoms with Crippen molar-refractivity contribution in [2.24, 2.45) is 0 Å². The normalized spacial score (nSPS) is 17.9. The Morgan fingerprint density at radius 2 is 1.87 bits per heavy atom. The van der Waals surface area contributed by atoms with Gasteiger partial charge in [-0.15, -0.1) is 0 Å². The molecule has 38 heavy (non-hydrogen) atoms. The quantitative estimate of drug-likeness (QED) is 0.344. The van der Waals surface area contributed by atoms with Crippen molar-refractivity contribution in [2.45, 2.75) is 12.6 Å². The maximum atomic E-state index is 13.3. The lowest BCUT2D eigenvalue weighted by atomic mass is 10.00. The number of carbonyl (C=O) groups is 2. The Morgan fingerprint density at radius 3 is 2.58 bits per heavy atom. The number of thioether (sulfide) groups is 1. The fourth-order valence-corrected chi connectivity index (χ4v) is 5.30. The molecule has 4 rings (SSSR count). The van der Waals surface area contributed by atoms with Gasteiger partial charge < -0.3 is 14.6 Å². The van der Waals surface area contributed by atoms with E-state index >= 15 is 0 Å². The molecule has 0 aliphatic carbocycles. The topological polar surface area (TPSA) is 79.3 Å². The first-order valence-corrected chi connectivity index (χ1v) is 13.1. The second-order valence-corrected chi connectivity index (χ2v) is 10.3. The minimum atomic E-state index is -4.48. The van der Waals surface area contributed by atoms with Crippen LogP contribution < -0.4 is 4.74 Å². The van der Waals surface area contributed by atoms with Crippen LogP contribution in [0.25, 0.3) is 17.2 Å². The summed E-state index contributed by atoms with van der Waals surface area (Å²) in [5.41, 5.74) is 0.620. The average molecular weight is 567 g/mol. The van der Waals surface area contributed by atoms with Crippen LogP contribution in [0, 0.1) is 0 Å². The van der Waals surface area contributed by atoms with E-state index in [2.05, 4.69) is 4.90 Å². The van der Waals surface area contributed by atoms with Crippen LogP contribution >= 0.6 is 24.0 Å². The molecule has 2 aliphatic heterocycles. The summed E-state index contributed by atoms with van der Waals surface area (Å²) in [5, 5.41) is 8.97. The minimum absolute atomic E-state index is 0.0511. The van der Waals surface area contributed by atoms with Crippen LogP contribution in [0.1, 0.15) is 17.5 Å². The molecular weight excluding hydrogens is 541 g/mol. The van der Waals surface area contributed by atoms with Crippen molar-refractivity contribution in [3.63, 3.8) is 0 Å². The number of rotatable bonds is 9. The molecule has 2 heterocycles. The van der Waals surface area contributed by atoms with Gasteiger partial charge in [0.15, 0.2) is 0 Å². The zero-order valence-electron chi connectivity index (χ0n) is 20.2. The number of thiocarbonyl (C=S) groups is 1. The maximum Gasteiger partial charge on any atom is 0.416 e. The van der Waals surface area contributed by atoms with Crippen LogP contribution in [0.4, 0.5) is 13.2 Å². The highest BCUT2D eigenvalue weighted by atomic mass is 32.2. The molecule has 0 atom stereocenters. The summed E-state index contributed by atoms with van der Waals surface area (Å²) in [6, 6.07) is 10.0. The third kappa shape index (κ3) is 7.13. The highest BCUT2D eigenvalue weighted by molar-refractivity contribution is 8.26. The van der Waals surface area contributed by atoms with Crippen molar-refractivity contribution < 1.29 is 37.3 Å². The van der Waals surface area contributed by atoms with Crippen LogP contribution in [-0.4, -0.2) is 77.1 Å². The SMILES string of the molecule is O=C(O)CCN1C(=O)/C(=C/c2cc(-c3cccc(C(F)(F)F)c3)ccc2OCCN2CCOCC2)SC1=S. The van der Waals surface area contributed by atoms with Crippen LogP contribution in [0.5, 0.6) is 5.75 Å². The van der Waals surface area contributed by atoms with E-state index in [0.717, 1.165) is 37.0 Å². The first-order valence-electron chi connectivity index (χ1n) is 11.8. The lowest BCUT2D eigenvalue weighted by Gasteiger charge is -2.26. The van der Waals surface area contributed by atoms with Crippen molar-refractivity contribution in [2.75, 3.05) is 46.0 Å². The smallest absolute Gasteiger partial charge is 0.416 e. The summed E-state index contributed by atoms with van der Waals surface area (Å²) in [7, 11) is 0. The fourth-order valence-electron chi connectivity index (χ4n) is 4.00. The number of aliphatic carboxylic acids is 1. The van der Waals surface area contributed by atoms with Crippen molar-refractivity contribution >= 4 is 46.3 Å². The Labute approximate surface area is 227 Å². The molecule has 2 aliphatic rings.